The van der Waals surface area contributed by atoms with Gasteiger partial charge in [0.1, 0.15) is 0 Å². The van der Waals surface area contributed by atoms with Gasteiger partial charge < -0.3 is 0 Å². The SMILES string of the molecule is CCC(CC)C1=NC(c2ccccc2)=CC1.CCC(CC)C1=NC=C(C2=CCC=C2)C1. The fraction of sp³-hybridized carbons (Fsp3) is 0.448. The summed E-state index contributed by atoms with van der Waals surface area (Å²) in [6.45, 7) is 9.00. The maximum atomic E-state index is 4.78. The van der Waals surface area contributed by atoms with Crippen molar-refractivity contribution in [3.05, 3.63) is 77.5 Å². The molecule has 0 saturated heterocycles. The van der Waals surface area contributed by atoms with Gasteiger partial charge >= 0.3 is 0 Å². The van der Waals surface area contributed by atoms with Gasteiger partial charge in [-0.3, -0.25) is 9.98 Å². The second-order valence-electron chi connectivity index (χ2n) is 8.54. The van der Waals surface area contributed by atoms with Gasteiger partial charge in [-0.25, -0.2) is 0 Å². The third-order valence-corrected chi connectivity index (χ3v) is 6.65. The van der Waals surface area contributed by atoms with Crippen molar-refractivity contribution in [2.24, 2.45) is 21.8 Å². The van der Waals surface area contributed by atoms with Crippen LogP contribution < -0.4 is 0 Å². The third-order valence-electron chi connectivity index (χ3n) is 6.65. The highest BCUT2D eigenvalue weighted by Crippen LogP contribution is 2.29. The summed E-state index contributed by atoms with van der Waals surface area (Å²) in [6, 6.07) is 10.4. The van der Waals surface area contributed by atoms with Gasteiger partial charge in [0.05, 0.1) is 5.70 Å². The molecular formula is C29H38N2. The molecule has 2 nitrogen and oxygen atoms in total. The molecule has 0 spiro atoms. The van der Waals surface area contributed by atoms with Crippen LogP contribution >= 0.6 is 0 Å². The van der Waals surface area contributed by atoms with Crippen molar-refractivity contribution < 1.29 is 0 Å². The Morgan fingerprint density at radius 2 is 1.52 bits per heavy atom. The molecule has 0 N–H and O–H groups in total. The molecule has 3 aliphatic rings. The highest BCUT2D eigenvalue weighted by atomic mass is 14.8. The molecule has 1 aromatic rings. The summed E-state index contributed by atoms with van der Waals surface area (Å²) in [5.41, 5.74) is 7.94. The molecule has 1 aliphatic carbocycles. The fourth-order valence-corrected chi connectivity index (χ4v) is 4.59. The second-order valence-corrected chi connectivity index (χ2v) is 8.54. The molecule has 0 atom stereocenters. The maximum Gasteiger partial charge on any atom is 0.0665 e. The molecular weight excluding hydrogens is 376 g/mol. The van der Waals surface area contributed by atoms with E-state index in [0.717, 1.165) is 25.0 Å². The van der Waals surface area contributed by atoms with Crippen molar-refractivity contribution in [2.75, 3.05) is 0 Å². The maximum absolute atomic E-state index is 4.78. The van der Waals surface area contributed by atoms with E-state index in [1.807, 2.05) is 6.07 Å². The van der Waals surface area contributed by atoms with Gasteiger partial charge in [0.15, 0.2) is 0 Å². The van der Waals surface area contributed by atoms with Gasteiger partial charge in [-0.05, 0) is 60.6 Å². The van der Waals surface area contributed by atoms with Crippen LogP contribution in [0.5, 0.6) is 0 Å². The van der Waals surface area contributed by atoms with Gasteiger partial charge in [-0.1, -0.05) is 82.3 Å². The van der Waals surface area contributed by atoms with E-state index in [1.54, 1.807) is 0 Å². The average molecular weight is 415 g/mol. The normalized spacial score (nSPS) is 17.3. The lowest BCUT2D eigenvalue weighted by atomic mass is 9.92. The number of rotatable bonds is 8. The zero-order valence-corrected chi connectivity index (χ0v) is 19.8. The van der Waals surface area contributed by atoms with Crippen LogP contribution in [-0.4, -0.2) is 11.4 Å². The molecule has 0 amide bonds. The standard InChI is InChI=1S/C15H19N.C14H19N/c1-3-12(4-2)14-10-11-15(16-14)13-8-6-5-7-9-13;1-3-11(4-2)14-9-13(10-15-14)12-7-5-6-8-12/h5-9,11-12H,3-4,10H2,1-2H3;5,7-8,10-11H,3-4,6,9H2,1-2H3. The summed E-state index contributed by atoms with van der Waals surface area (Å²) in [6.07, 6.45) is 19.1. The summed E-state index contributed by atoms with van der Waals surface area (Å²) in [7, 11) is 0. The van der Waals surface area contributed by atoms with E-state index < -0.39 is 0 Å². The quantitative estimate of drug-likeness (QED) is 0.408. The Kier molecular flexibility index (Phi) is 8.82. The van der Waals surface area contributed by atoms with Crippen molar-refractivity contribution in [2.45, 2.75) is 72.6 Å². The van der Waals surface area contributed by atoms with E-state index in [4.69, 9.17) is 4.99 Å². The molecule has 0 bridgehead atoms. The van der Waals surface area contributed by atoms with E-state index in [1.165, 1.54) is 53.8 Å². The Morgan fingerprint density at radius 1 is 0.839 bits per heavy atom. The second kappa shape index (κ2) is 11.8. The van der Waals surface area contributed by atoms with Crippen molar-refractivity contribution in [3.63, 3.8) is 0 Å². The lowest BCUT2D eigenvalue weighted by Crippen LogP contribution is -2.11. The highest BCUT2D eigenvalue weighted by molar-refractivity contribution is 5.97. The van der Waals surface area contributed by atoms with Crippen molar-refractivity contribution >= 4 is 17.1 Å². The Hall–Kier alpha value is -2.48. The van der Waals surface area contributed by atoms with Gasteiger partial charge in [0.2, 0.25) is 0 Å². The van der Waals surface area contributed by atoms with Crippen molar-refractivity contribution in [3.8, 4) is 0 Å². The molecule has 2 heterocycles. The highest BCUT2D eigenvalue weighted by Gasteiger charge is 2.19. The summed E-state index contributed by atoms with van der Waals surface area (Å²) in [4.78, 5) is 9.36. The van der Waals surface area contributed by atoms with Crippen molar-refractivity contribution in [1.82, 2.24) is 0 Å². The van der Waals surface area contributed by atoms with Crippen LogP contribution in [-0.2, 0) is 0 Å². The molecule has 164 valence electrons. The molecule has 0 fully saturated rings. The van der Waals surface area contributed by atoms with Crippen LogP contribution in [0.1, 0.15) is 78.2 Å². The van der Waals surface area contributed by atoms with Crippen LogP contribution in [0.15, 0.2) is 82.0 Å². The number of nitrogens with zero attached hydrogens (tertiary/aromatic N) is 2. The Labute approximate surface area is 189 Å². The molecule has 0 aromatic heterocycles. The summed E-state index contributed by atoms with van der Waals surface area (Å²) in [5, 5.41) is 0. The molecule has 1 aromatic carbocycles. The summed E-state index contributed by atoms with van der Waals surface area (Å²) in [5.74, 6) is 1.35. The fourth-order valence-electron chi connectivity index (χ4n) is 4.59. The minimum atomic E-state index is 0.664. The monoisotopic (exact) mass is 414 g/mol. The first-order valence-corrected chi connectivity index (χ1v) is 12.2. The lowest BCUT2D eigenvalue weighted by molar-refractivity contribution is 0.637. The molecule has 4 rings (SSSR count). The van der Waals surface area contributed by atoms with Crippen LogP contribution in [0.2, 0.25) is 0 Å². The number of allylic oxidation sites excluding steroid dienone is 6. The Bertz CT molecular complexity index is 901. The lowest BCUT2D eigenvalue weighted by Gasteiger charge is -2.12. The number of hydrogen-bond acceptors (Lipinski definition) is 2. The topological polar surface area (TPSA) is 24.7 Å². The Balaban J connectivity index is 0.000000176. The van der Waals surface area contributed by atoms with Gasteiger partial charge in [0.25, 0.3) is 0 Å². The smallest absolute Gasteiger partial charge is 0.0665 e. The largest absolute Gasteiger partial charge is 0.265 e. The van der Waals surface area contributed by atoms with Crippen LogP contribution in [0, 0.1) is 11.8 Å². The van der Waals surface area contributed by atoms with E-state index in [9.17, 15) is 0 Å². The van der Waals surface area contributed by atoms with Crippen LogP contribution in [0.4, 0.5) is 0 Å². The third kappa shape index (κ3) is 6.03. The van der Waals surface area contributed by atoms with Crippen molar-refractivity contribution in [1.29, 1.82) is 0 Å². The van der Waals surface area contributed by atoms with Gasteiger partial charge in [0, 0.05) is 30.5 Å². The molecule has 0 saturated carbocycles. The molecule has 0 unspecified atom stereocenters. The first kappa shape index (κ1) is 23.2. The summed E-state index contributed by atoms with van der Waals surface area (Å²) >= 11 is 0. The number of hydrogen-bond donors (Lipinski definition) is 0. The molecule has 31 heavy (non-hydrogen) atoms. The van der Waals surface area contributed by atoms with Gasteiger partial charge in [-0.2, -0.15) is 0 Å². The van der Waals surface area contributed by atoms with Crippen LogP contribution in [0.25, 0.3) is 5.70 Å². The first-order valence-electron chi connectivity index (χ1n) is 12.2. The van der Waals surface area contributed by atoms with E-state index in [2.05, 4.69) is 87.5 Å². The predicted octanol–water partition coefficient (Wildman–Crippen LogP) is 8.35. The zero-order valence-electron chi connectivity index (χ0n) is 19.8. The number of benzene rings is 1. The van der Waals surface area contributed by atoms with E-state index >= 15 is 0 Å². The minimum Gasteiger partial charge on any atom is -0.265 e. The molecule has 0 radical (unpaired) electrons. The zero-order chi connectivity index (χ0) is 22.1. The Morgan fingerprint density at radius 3 is 2.13 bits per heavy atom. The van der Waals surface area contributed by atoms with E-state index in [-0.39, 0.29) is 0 Å². The minimum absolute atomic E-state index is 0.664. The average Bonchev–Trinajstić information content (AvgIpc) is 3.58. The number of aliphatic imine (C=N–C) groups is 2. The van der Waals surface area contributed by atoms with Crippen LogP contribution in [0.3, 0.4) is 0 Å². The first-order chi connectivity index (χ1) is 15.2. The van der Waals surface area contributed by atoms with Gasteiger partial charge in [-0.15, -0.1) is 0 Å². The summed E-state index contributed by atoms with van der Waals surface area (Å²) < 4.78 is 0. The predicted molar refractivity (Wildman–Crippen MR) is 137 cm³/mol. The van der Waals surface area contributed by atoms with E-state index in [0.29, 0.717) is 11.8 Å². The molecule has 2 aliphatic heterocycles. The molecule has 2 heteroatoms.